The number of aryl methyl sites for hydroxylation is 1. The molecule has 0 aliphatic rings. The highest BCUT2D eigenvalue weighted by Gasteiger charge is 2.06. The highest BCUT2D eigenvalue weighted by Crippen LogP contribution is 2.06. The maximum Gasteiger partial charge on any atom is 0.250 e. The molecule has 1 aromatic carbocycles. The average Bonchev–Trinajstić information content (AvgIpc) is 2.59. The maximum absolute atomic E-state index is 13.3. The molecule has 0 radical (unpaired) electrons. The first-order valence-electron chi connectivity index (χ1n) is 8.42. The number of pyridine rings is 1. The van der Waals surface area contributed by atoms with Crippen LogP contribution in [0, 0.1) is 5.82 Å². The minimum atomic E-state index is -0.231. The Morgan fingerprint density at radius 2 is 2.08 bits per heavy atom. The lowest BCUT2D eigenvalue weighted by Crippen LogP contribution is -2.39. The second-order valence-electron chi connectivity index (χ2n) is 5.90. The molecule has 1 aromatic heterocycles. The van der Waals surface area contributed by atoms with Gasteiger partial charge in [-0.2, -0.15) is 0 Å². The van der Waals surface area contributed by atoms with Crippen molar-refractivity contribution in [3.8, 4) is 0 Å². The van der Waals surface area contributed by atoms with Crippen LogP contribution in [0.1, 0.15) is 18.4 Å². The van der Waals surface area contributed by atoms with E-state index in [1.807, 2.05) is 30.3 Å². The molecule has 0 bridgehead atoms. The lowest BCUT2D eigenvalue weighted by Gasteiger charge is -2.22. The van der Waals surface area contributed by atoms with Gasteiger partial charge in [-0.15, -0.1) is 0 Å². The van der Waals surface area contributed by atoms with E-state index in [0.717, 1.165) is 30.9 Å². The summed E-state index contributed by atoms with van der Waals surface area (Å²) in [4.78, 5) is 17.8. The van der Waals surface area contributed by atoms with Gasteiger partial charge in [-0.3, -0.25) is 9.79 Å². The molecule has 0 saturated carbocycles. The zero-order valence-corrected chi connectivity index (χ0v) is 14.8. The van der Waals surface area contributed by atoms with E-state index in [1.165, 1.54) is 12.1 Å². The Kier molecular flexibility index (Phi) is 7.19. The van der Waals surface area contributed by atoms with E-state index in [1.54, 1.807) is 29.8 Å². The third-order valence-electron chi connectivity index (χ3n) is 3.89. The van der Waals surface area contributed by atoms with Crippen molar-refractivity contribution in [1.82, 2.24) is 14.8 Å². The molecule has 0 atom stereocenters. The van der Waals surface area contributed by atoms with E-state index in [4.69, 9.17) is 0 Å². The van der Waals surface area contributed by atoms with E-state index >= 15 is 0 Å². The maximum atomic E-state index is 13.3. The van der Waals surface area contributed by atoms with Crippen LogP contribution >= 0.6 is 0 Å². The van der Waals surface area contributed by atoms with Crippen LogP contribution in [0.15, 0.2) is 58.4 Å². The predicted molar refractivity (Wildman–Crippen MR) is 99.2 cm³/mol. The highest BCUT2D eigenvalue weighted by atomic mass is 19.1. The SMILES string of the molecule is CN=C(NCCCCn1ccccc1=O)N(C)Cc1cccc(F)c1. The molecule has 0 amide bonds. The molecule has 25 heavy (non-hydrogen) atoms. The summed E-state index contributed by atoms with van der Waals surface area (Å²) < 4.78 is 15.0. The lowest BCUT2D eigenvalue weighted by atomic mass is 10.2. The van der Waals surface area contributed by atoms with Gasteiger partial charge in [0, 0.05) is 46.0 Å². The van der Waals surface area contributed by atoms with Gasteiger partial charge in [-0.25, -0.2) is 4.39 Å². The third kappa shape index (κ3) is 6.06. The van der Waals surface area contributed by atoms with Gasteiger partial charge in [0.2, 0.25) is 5.56 Å². The summed E-state index contributed by atoms with van der Waals surface area (Å²) in [5.74, 6) is 0.533. The monoisotopic (exact) mass is 344 g/mol. The van der Waals surface area contributed by atoms with Gasteiger partial charge in [0.05, 0.1) is 0 Å². The van der Waals surface area contributed by atoms with E-state index < -0.39 is 0 Å². The Bertz CT molecular complexity index is 757. The predicted octanol–water partition coefficient (Wildman–Crippen LogP) is 2.47. The summed E-state index contributed by atoms with van der Waals surface area (Å²) in [6.45, 7) is 2.05. The highest BCUT2D eigenvalue weighted by molar-refractivity contribution is 5.79. The largest absolute Gasteiger partial charge is 0.356 e. The number of hydrogen-bond donors (Lipinski definition) is 1. The smallest absolute Gasteiger partial charge is 0.250 e. The molecule has 0 unspecified atom stereocenters. The molecular formula is C19H25FN4O. The summed E-state index contributed by atoms with van der Waals surface area (Å²) in [7, 11) is 3.65. The number of rotatable bonds is 7. The zero-order valence-electron chi connectivity index (χ0n) is 14.8. The Balaban J connectivity index is 1.74. The van der Waals surface area contributed by atoms with Crippen molar-refractivity contribution in [2.45, 2.75) is 25.9 Å². The van der Waals surface area contributed by atoms with E-state index in [-0.39, 0.29) is 11.4 Å². The van der Waals surface area contributed by atoms with Gasteiger partial charge in [0.25, 0.3) is 0 Å². The van der Waals surface area contributed by atoms with E-state index in [9.17, 15) is 9.18 Å². The lowest BCUT2D eigenvalue weighted by molar-refractivity contribution is 0.471. The number of nitrogens with one attached hydrogen (secondary N) is 1. The number of halogens is 1. The van der Waals surface area contributed by atoms with Gasteiger partial charge in [0.15, 0.2) is 5.96 Å². The molecule has 6 heteroatoms. The molecular weight excluding hydrogens is 319 g/mol. The number of hydrogen-bond acceptors (Lipinski definition) is 2. The number of nitrogens with zero attached hydrogens (tertiary/aromatic N) is 3. The van der Waals surface area contributed by atoms with Crippen LogP contribution < -0.4 is 10.9 Å². The second kappa shape index (κ2) is 9.61. The van der Waals surface area contributed by atoms with Crippen molar-refractivity contribution in [2.24, 2.45) is 4.99 Å². The molecule has 5 nitrogen and oxygen atoms in total. The summed E-state index contributed by atoms with van der Waals surface area (Å²) in [6.07, 6.45) is 3.64. The van der Waals surface area contributed by atoms with Gasteiger partial charge in [0.1, 0.15) is 5.82 Å². The minimum absolute atomic E-state index is 0.0288. The fourth-order valence-electron chi connectivity index (χ4n) is 2.62. The third-order valence-corrected chi connectivity index (χ3v) is 3.89. The molecule has 2 aromatic rings. The fourth-order valence-corrected chi connectivity index (χ4v) is 2.62. The minimum Gasteiger partial charge on any atom is -0.356 e. The molecule has 0 spiro atoms. The molecule has 0 fully saturated rings. The number of guanidine groups is 1. The van der Waals surface area contributed by atoms with Crippen molar-refractivity contribution in [1.29, 1.82) is 0 Å². The Labute approximate surface area is 147 Å². The Morgan fingerprint density at radius 3 is 2.80 bits per heavy atom. The van der Waals surface area contributed by atoms with Gasteiger partial charge in [-0.05, 0) is 36.6 Å². The Morgan fingerprint density at radius 1 is 1.24 bits per heavy atom. The van der Waals surface area contributed by atoms with Crippen LogP contribution in [0.3, 0.4) is 0 Å². The van der Waals surface area contributed by atoms with Crippen LogP contribution in [-0.4, -0.2) is 36.1 Å². The molecule has 2 rings (SSSR count). The molecule has 0 saturated heterocycles. The number of aliphatic imine (C=N–C) groups is 1. The van der Waals surface area contributed by atoms with Crippen LogP contribution in [0.4, 0.5) is 4.39 Å². The molecule has 0 aliphatic carbocycles. The first-order valence-corrected chi connectivity index (χ1v) is 8.42. The molecule has 1 N–H and O–H groups in total. The van der Waals surface area contributed by atoms with Gasteiger partial charge >= 0.3 is 0 Å². The topological polar surface area (TPSA) is 49.6 Å². The zero-order chi connectivity index (χ0) is 18.1. The number of benzene rings is 1. The fraction of sp³-hybridized carbons (Fsp3) is 0.368. The Hall–Kier alpha value is -2.63. The van der Waals surface area contributed by atoms with Gasteiger partial charge < -0.3 is 14.8 Å². The van der Waals surface area contributed by atoms with E-state index in [0.29, 0.717) is 13.1 Å². The molecule has 0 aliphatic heterocycles. The second-order valence-corrected chi connectivity index (χ2v) is 5.90. The van der Waals surface area contributed by atoms with Crippen molar-refractivity contribution in [3.63, 3.8) is 0 Å². The van der Waals surface area contributed by atoms with Crippen LogP contribution in [0.2, 0.25) is 0 Å². The molecule has 134 valence electrons. The molecule has 1 heterocycles. The number of unbranched alkanes of at least 4 members (excludes halogenated alkanes) is 1. The van der Waals surface area contributed by atoms with Crippen LogP contribution in [0.25, 0.3) is 0 Å². The normalized spacial score (nSPS) is 11.4. The first kappa shape index (κ1) is 18.7. The summed E-state index contributed by atoms with van der Waals surface area (Å²) in [5, 5.41) is 3.30. The van der Waals surface area contributed by atoms with Crippen molar-refractivity contribution in [2.75, 3.05) is 20.6 Å². The van der Waals surface area contributed by atoms with Crippen LogP contribution in [-0.2, 0) is 13.1 Å². The van der Waals surface area contributed by atoms with Crippen molar-refractivity contribution in [3.05, 3.63) is 70.4 Å². The quantitative estimate of drug-likeness (QED) is 0.477. The van der Waals surface area contributed by atoms with E-state index in [2.05, 4.69) is 10.3 Å². The number of aromatic nitrogens is 1. The van der Waals surface area contributed by atoms with Crippen molar-refractivity contribution < 1.29 is 4.39 Å². The summed E-state index contributed by atoms with van der Waals surface area (Å²) in [6, 6.07) is 11.8. The summed E-state index contributed by atoms with van der Waals surface area (Å²) >= 11 is 0. The first-order chi connectivity index (χ1) is 12.1. The van der Waals surface area contributed by atoms with Gasteiger partial charge in [-0.1, -0.05) is 18.2 Å². The standard InChI is InChI=1S/C19H25FN4O/c1-21-19(23(2)15-16-8-7-9-17(20)14-16)22-11-4-6-13-24-12-5-3-10-18(24)25/h3,5,7-10,12,14H,4,6,11,13,15H2,1-2H3,(H,21,22). The average molecular weight is 344 g/mol. The van der Waals surface area contributed by atoms with Crippen LogP contribution in [0.5, 0.6) is 0 Å². The van der Waals surface area contributed by atoms with Crippen molar-refractivity contribution >= 4 is 5.96 Å². The summed E-state index contributed by atoms with van der Waals surface area (Å²) in [5.41, 5.74) is 0.926.